The molecule has 1 heterocycles. The maximum atomic E-state index is 12.2. The average molecular weight is 267 g/mol. The van der Waals surface area contributed by atoms with Crippen LogP contribution in [0.1, 0.15) is 6.42 Å². The van der Waals surface area contributed by atoms with E-state index in [0.29, 0.717) is 18.0 Å². The smallest absolute Gasteiger partial charge is 0.239 e. The summed E-state index contributed by atoms with van der Waals surface area (Å²) in [6.07, 6.45) is 0.589. The maximum absolute atomic E-state index is 12.2. The van der Waals surface area contributed by atoms with E-state index in [1.165, 1.54) is 4.90 Å². The molecule has 1 saturated heterocycles. The minimum Gasteiger partial charge on any atom is -0.345 e. The zero-order valence-corrected chi connectivity index (χ0v) is 11.1. The molecule has 1 unspecified atom stereocenters. The molecule has 1 aliphatic heterocycles. The summed E-state index contributed by atoms with van der Waals surface area (Å²) < 4.78 is 0. The van der Waals surface area contributed by atoms with Gasteiger partial charge in [0.25, 0.3) is 0 Å². The highest BCUT2D eigenvalue weighted by Gasteiger charge is 2.36. The van der Waals surface area contributed by atoms with Crippen molar-refractivity contribution in [3.05, 3.63) is 29.3 Å². The summed E-state index contributed by atoms with van der Waals surface area (Å²) in [4.78, 5) is 27.1. The summed E-state index contributed by atoms with van der Waals surface area (Å²) in [5.74, 6) is -0.803. The van der Waals surface area contributed by atoms with Crippen LogP contribution in [0.2, 0.25) is 5.02 Å². The number of hydrogen-bond donors (Lipinski definition) is 0. The summed E-state index contributed by atoms with van der Waals surface area (Å²) in [6, 6.07) is 6.99. The number of carbonyl (C=O) groups excluding carboxylic acids is 2. The highest BCUT2D eigenvalue weighted by molar-refractivity contribution is 6.30. The number of carbonyl (C=O) groups is 2. The SMILES string of the molecule is CN1CCC(C(=O)N(C)c2ccc(Cl)cc2)C1=O. The Hall–Kier alpha value is -1.55. The minimum absolute atomic E-state index is 0.0965. The third-order valence-corrected chi connectivity index (χ3v) is 3.52. The second-order valence-electron chi connectivity index (χ2n) is 4.47. The fraction of sp³-hybridized carbons (Fsp3) is 0.385. The lowest BCUT2D eigenvalue weighted by Gasteiger charge is -2.20. The Morgan fingerprint density at radius 2 is 2.00 bits per heavy atom. The van der Waals surface area contributed by atoms with Gasteiger partial charge >= 0.3 is 0 Å². The number of halogens is 1. The third-order valence-electron chi connectivity index (χ3n) is 3.27. The Morgan fingerprint density at radius 3 is 2.50 bits per heavy atom. The molecule has 0 N–H and O–H groups in total. The van der Waals surface area contributed by atoms with Crippen molar-refractivity contribution in [1.82, 2.24) is 4.90 Å². The zero-order chi connectivity index (χ0) is 13.3. The first kappa shape index (κ1) is 12.9. The van der Waals surface area contributed by atoms with Crippen LogP contribution in [0.4, 0.5) is 5.69 Å². The molecule has 0 aliphatic carbocycles. The van der Waals surface area contributed by atoms with Crippen molar-refractivity contribution in [3.8, 4) is 0 Å². The van der Waals surface area contributed by atoms with Gasteiger partial charge in [-0.3, -0.25) is 9.59 Å². The molecular formula is C13H15ClN2O2. The van der Waals surface area contributed by atoms with Gasteiger partial charge in [-0.25, -0.2) is 0 Å². The molecule has 5 heteroatoms. The van der Waals surface area contributed by atoms with Crippen LogP contribution in [0.15, 0.2) is 24.3 Å². The van der Waals surface area contributed by atoms with E-state index in [2.05, 4.69) is 0 Å². The maximum Gasteiger partial charge on any atom is 0.239 e. The van der Waals surface area contributed by atoms with Crippen molar-refractivity contribution in [2.75, 3.05) is 25.5 Å². The van der Waals surface area contributed by atoms with Crippen LogP contribution < -0.4 is 4.90 Å². The Morgan fingerprint density at radius 1 is 1.39 bits per heavy atom. The molecule has 1 atom stereocenters. The van der Waals surface area contributed by atoms with Gasteiger partial charge < -0.3 is 9.80 Å². The van der Waals surface area contributed by atoms with E-state index >= 15 is 0 Å². The Kier molecular flexibility index (Phi) is 3.57. The second-order valence-corrected chi connectivity index (χ2v) is 4.91. The second kappa shape index (κ2) is 4.98. The molecule has 1 aliphatic rings. The number of likely N-dealkylation sites (tertiary alicyclic amines) is 1. The average Bonchev–Trinajstić information content (AvgIpc) is 2.69. The molecule has 1 fully saturated rings. The number of rotatable bonds is 2. The number of amides is 2. The Bertz CT molecular complexity index is 472. The van der Waals surface area contributed by atoms with Gasteiger partial charge in [0.15, 0.2) is 0 Å². The largest absolute Gasteiger partial charge is 0.345 e. The van der Waals surface area contributed by atoms with Crippen molar-refractivity contribution >= 4 is 29.1 Å². The van der Waals surface area contributed by atoms with E-state index in [1.807, 2.05) is 0 Å². The van der Waals surface area contributed by atoms with Crippen LogP contribution in [0.5, 0.6) is 0 Å². The molecule has 2 rings (SSSR count). The van der Waals surface area contributed by atoms with Gasteiger partial charge in [-0.2, -0.15) is 0 Å². The lowest BCUT2D eigenvalue weighted by Crippen LogP contribution is -2.37. The van der Waals surface area contributed by atoms with Crippen LogP contribution in [0, 0.1) is 5.92 Å². The highest BCUT2D eigenvalue weighted by Crippen LogP contribution is 2.23. The lowest BCUT2D eigenvalue weighted by molar-refractivity contribution is -0.135. The van der Waals surface area contributed by atoms with Gasteiger partial charge in [-0.15, -0.1) is 0 Å². The van der Waals surface area contributed by atoms with Crippen molar-refractivity contribution in [1.29, 1.82) is 0 Å². The normalized spacial score (nSPS) is 19.2. The van der Waals surface area contributed by atoms with Gasteiger partial charge in [-0.05, 0) is 30.7 Å². The number of hydrogen-bond acceptors (Lipinski definition) is 2. The highest BCUT2D eigenvalue weighted by atomic mass is 35.5. The molecular weight excluding hydrogens is 252 g/mol. The van der Waals surface area contributed by atoms with E-state index in [4.69, 9.17) is 11.6 Å². The fourth-order valence-electron chi connectivity index (χ4n) is 2.08. The molecule has 0 saturated carbocycles. The molecule has 2 amide bonds. The fourth-order valence-corrected chi connectivity index (χ4v) is 2.20. The Labute approximate surface area is 111 Å². The predicted molar refractivity (Wildman–Crippen MR) is 70.6 cm³/mol. The zero-order valence-electron chi connectivity index (χ0n) is 10.4. The van der Waals surface area contributed by atoms with Crippen molar-refractivity contribution in [3.63, 3.8) is 0 Å². The summed E-state index contributed by atoms with van der Waals surface area (Å²) in [6.45, 7) is 0.643. The van der Waals surface area contributed by atoms with Gasteiger partial charge in [0.2, 0.25) is 11.8 Å². The van der Waals surface area contributed by atoms with Crippen molar-refractivity contribution in [2.24, 2.45) is 5.92 Å². The minimum atomic E-state index is -0.546. The quantitative estimate of drug-likeness (QED) is 0.766. The first-order chi connectivity index (χ1) is 8.50. The third kappa shape index (κ3) is 2.34. The van der Waals surface area contributed by atoms with Crippen molar-refractivity contribution < 1.29 is 9.59 Å². The van der Waals surface area contributed by atoms with Gasteiger partial charge in [-0.1, -0.05) is 11.6 Å². The number of benzene rings is 1. The molecule has 4 nitrogen and oxygen atoms in total. The van der Waals surface area contributed by atoms with Gasteiger partial charge in [0.1, 0.15) is 5.92 Å². The molecule has 0 radical (unpaired) electrons. The van der Waals surface area contributed by atoms with Crippen LogP contribution in [-0.2, 0) is 9.59 Å². The molecule has 0 bridgehead atoms. The first-order valence-electron chi connectivity index (χ1n) is 5.79. The molecule has 0 spiro atoms. The summed E-state index contributed by atoms with van der Waals surface area (Å²) in [7, 11) is 3.40. The van der Waals surface area contributed by atoms with E-state index in [1.54, 1.807) is 43.3 Å². The van der Waals surface area contributed by atoms with Crippen LogP contribution >= 0.6 is 11.6 Å². The predicted octanol–water partition coefficient (Wildman–Crippen LogP) is 1.78. The van der Waals surface area contributed by atoms with Crippen LogP contribution in [0.3, 0.4) is 0 Å². The number of nitrogens with zero attached hydrogens (tertiary/aromatic N) is 2. The molecule has 96 valence electrons. The van der Waals surface area contributed by atoms with E-state index in [9.17, 15) is 9.59 Å². The van der Waals surface area contributed by atoms with Gasteiger partial charge in [0, 0.05) is 31.4 Å². The lowest BCUT2D eigenvalue weighted by atomic mass is 10.1. The van der Waals surface area contributed by atoms with E-state index < -0.39 is 5.92 Å². The van der Waals surface area contributed by atoms with E-state index in [-0.39, 0.29) is 11.8 Å². The summed E-state index contributed by atoms with van der Waals surface area (Å²) >= 11 is 5.80. The molecule has 0 aromatic heterocycles. The van der Waals surface area contributed by atoms with Crippen LogP contribution in [0.25, 0.3) is 0 Å². The van der Waals surface area contributed by atoms with E-state index in [0.717, 1.165) is 5.69 Å². The Balaban J connectivity index is 2.14. The standard InChI is InChI=1S/C13H15ClN2O2/c1-15-8-7-11(12(15)17)13(18)16(2)10-5-3-9(14)4-6-10/h3-6,11H,7-8H2,1-2H3. The number of anilines is 1. The summed E-state index contributed by atoms with van der Waals surface area (Å²) in [5.41, 5.74) is 0.742. The topological polar surface area (TPSA) is 40.6 Å². The molecule has 1 aromatic rings. The summed E-state index contributed by atoms with van der Waals surface area (Å²) in [5, 5.41) is 0.622. The first-order valence-corrected chi connectivity index (χ1v) is 6.16. The monoisotopic (exact) mass is 266 g/mol. The van der Waals surface area contributed by atoms with Crippen molar-refractivity contribution in [2.45, 2.75) is 6.42 Å². The molecule has 1 aromatic carbocycles. The van der Waals surface area contributed by atoms with Crippen LogP contribution in [-0.4, -0.2) is 37.4 Å². The molecule has 18 heavy (non-hydrogen) atoms. The van der Waals surface area contributed by atoms with Gasteiger partial charge in [0.05, 0.1) is 0 Å².